The third-order valence-electron chi connectivity index (χ3n) is 4.76. The molecule has 3 rings (SSSR count). The molecule has 1 atom stereocenters. The summed E-state index contributed by atoms with van der Waals surface area (Å²) in [5, 5.41) is 0. The Hall–Kier alpha value is -2.04. The summed E-state index contributed by atoms with van der Waals surface area (Å²) >= 11 is 0. The molecular weight excluding hydrogens is 302 g/mol. The normalized spacial score (nSPS) is 23.5. The van der Waals surface area contributed by atoms with Crippen LogP contribution in [0.15, 0.2) is 36.4 Å². The molecule has 0 aliphatic carbocycles. The maximum absolute atomic E-state index is 12.6. The van der Waals surface area contributed by atoms with Gasteiger partial charge in [-0.3, -0.25) is 9.78 Å². The molecule has 0 N–H and O–H groups in total. The van der Waals surface area contributed by atoms with Crippen LogP contribution >= 0.6 is 0 Å². The van der Waals surface area contributed by atoms with Crippen molar-refractivity contribution in [1.82, 2.24) is 14.8 Å². The van der Waals surface area contributed by atoms with Crippen LogP contribution in [0.25, 0.3) is 0 Å². The summed E-state index contributed by atoms with van der Waals surface area (Å²) in [6.45, 7) is 9.68. The smallest absolute Gasteiger partial charge is 0.228 e. The lowest BCUT2D eigenvalue weighted by Gasteiger charge is -2.43. The van der Waals surface area contributed by atoms with Gasteiger partial charge in [0.15, 0.2) is 5.88 Å². The average molecular weight is 329 g/mol. The fourth-order valence-corrected chi connectivity index (χ4v) is 3.26. The van der Waals surface area contributed by atoms with E-state index in [4.69, 9.17) is 4.74 Å². The number of hydrogen-bond acceptors (Lipinski definition) is 4. The molecule has 5 nitrogen and oxygen atoms in total. The van der Waals surface area contributed by atoms with Crippen LogP contribution in [-0.4, -0.2) is 53.0 Å². The molecule has 2 aliphatic rings. The zero-order valence-corrected chi connectivity index (χ0v) is 14.9. The molecule has 1 saturated heterocycles. The summed E-state index contributed by atoms with van der Waals surface area (Å²) in [5.74, 6) is 1.14. The Kier molecular flexibility index (Phi) is 4.78. The molecular formula is C19H27N3O2. The highest BCUT2D eigenvalue weighted by atomic mass is 16.5. The second kappa shape index (κ2) is 6.83. The molecule has 1 amide bonds. The molecule has 2 aliphatic heterocycles. The van der Waals surface area contributed by atoms with E-state index in [2.05, 4.69) is 36.7 Å². The highest BCUT2D eigenvalue weighted by Gasteiger charge is 2.31. The Bertz CT molecular complexity index is 612. The van der Waals surface area contributed by atoms with Crippen LogP contribution in [0.5, 0.6) is 0 Å². The summed E-state index contributed by atoms with van der Waals surface area (Å²) in [6.07, 6.45) is 5.34. The number of amides is 1. The minimum absolute atomic E-state index is 0.153. The van der Waals surface area contributed by atoms with E-state index in [0.29, 0.717) is 6.42 Å². The number of aromatic nitrogens is 1. The number of hydrogen-bond donors (Lipinski definition) is 0. The number of pyridine rings is 1. The van der Waals surface area contributed by atoms with Gasteiger partial charge in [-0.05, 0) is 31.6 Å². The van der Waals surface area contributed by atoms with Gasteiger partial charge in [0, 0.05) is 43.0 Å². The molecule has 1 unspecified atom stereocenters. The van der Waals surface area contributed by atoms with E-state index in [-0.39, 0.29) is 17.4 Å². The van der Waals surface area contributed by atoms with Crippen LogP contribution in [0.3, 0.4) is 0 Å². The summed E-state index contributed by atoms with van der Waals surface area (Å²) < 4.78 is 5.95. The lowest BCUT2D eigenvalue weighted by Crippen LogP contribution is -2.54. The molecule has 0 bridgehead atoms. The molecule has 3 heterocycles. The van der Waals surface area contributed by atoms with E-state index in [1.54, 1.807) is 6.20 Å². The Balaban J connectivity index is 1.57. The third-order valence-corrected chi connectivity index (χ3v) is 4.76. The fourth-order valence-electron chi connectivity index (χ4n) is 3.26. The van der Waals surface area contributed by atoms with Crippen molar-refractivity contribution in [1.29, 1.82) is 0 Å². The molecule has 0 radical (unpaired) electrons. The maximum atomic E-state index is 12.6. The molecule has 24 heavy (non-hydrogen) atoms. The highest BCUT2D eigenvalue weighted by Crippen LogP contribution is 2.30. The van der Waals surface area contributed by atoms with Crippen LogP contribution in [0, 0.1) is 5.41 Å². The second-order valence-corrected chi connectivity index (χ2v) is 7.58. The molecule has 0 aromatic carbocycles. The van der Waals surface area contributed by atoms with Crippen molar-refractivity contribution in [2.24, 2.45) is 5.41 Å². The van der Waals surface area contributed by atoms with E-state index in [9.17, 15) is 4.79 Å². The zero-order chi connectivity index (χ0) is 17.2. The first-order valence-corrected chi connectivity index (χ1v) is 8.72. The lowest BCUT2D eigenvalue weighted by atomic mass is 9.89. The minimum atomic E-state index is 0.153. The van der Waals surface area contributed by atoms with Gasteiger partial charge in [0.2, 0.25) is 5.91 Å². The van der Waals surface area contributed by atoms with Crippen molar-refractivity contribution in [2.75, 3.05) is 26.2 Å². The number of allylic oxidation sites excluding steroid dienone is 1. The summed E-state index contributed by atoms with van der Waals surface area (Å²) in [6, 6.07) is 5.87. The Morgan fingerprint density at radius 1 is 1.38 bits per heavy atom. The summed E-state index contributed by atoms with van der Waals surface area (Å²) in [5.41, 5.74) is 1.05. The number of nitrogens with zero attached hydrogens (tertiary/aromatic N) is 3. The first-order valence-electron chi connectivity index (χ1n) is 8.72. The number of carbonyl (C=O) groups is 1. The Labute approximate surface area is 144 Å². The van der Waals surface area contributed by atoms with E-state index in [1.165, 1.54) is 0 Å². The van der Waals surface area contributed by atoms with Crippen LogP contribution in [0.1, 0.15) is 32.9 Å². The lowest BCUT2D eigenvalue weighted by molar-refractivity contribution is -0.135. The predicted molar refractivity (Wildman–Crippen MR) is 93.1 cm³/mol. The Morgan fingerprint density at radius 2 is 2.21 bits per heavy atom. The molecule has 0 saturated carbocycles. The number of piperazine rings is 1. The van der Waals surface area contributed by atoms with Crippen LogP contribution < -0.4 is 0 Å². The maximum Gasteiger partial charge on any atom is 0.228 e. The monoisotopic (exact) mass is 329 g/mol. The van der Waals surface area contributed by atoms with Gasteiger partial charge in [0.25, 0.3) is 0 Å². The quantitative estimate of drug-likeness (QED) is 0.854. The van der Waals surface area contributed by atoms with Crippen LogP contribution in [-0.2, 0) is 16.0 Å². The number of carbonyl (C=O) groups excluding carboxylic acids is 1. The molecule has 0 spiro atoms. The van der Waals surface area contributed by atoms with E-state index in [1.807, 2.05) is 23.1 Å². The number of ether oxygens (including phenoxy) is 1. The average Bonchev–Trinajstić information content (AvgIpc) is 2.55. The minimum Gasteiger partial charge on any atom is -0.479 e. The van der Waals surface area contributed by atoms with E-state index in [0.717, 1.165) is 44.2 Å². The van der Waals surface area contributed by atoms with E-state index >= 15 is 0 Å². The highest BCUT2D eigenvalue weighted by molar-refractivity contribution is 5.78. The second-order valence-electron chi connectivity index (χ2n) is 7.58. The van der Waals surface area contributed by atoms with Crippen molar-refractivity contribution in [3.63, 3.8) is 0 Å². The van der Waals surface area contributed by atoms with Gasteiger partial charge in [-0.15, -0.1) is 0 Å². The van der Waals surface area contributed by atoms with Gasteiger partial charge in [-0.1, -0.05) is 19.9 Å². The van der Waals surface area contributed by atoms with Crippen LogP contribution in [0.2, 0.25) is 0 Å². The predicted octanol–water partition coefficient (Wildman–Crippen LogP) is 2.44. The van der Waals surface area contributed by atoms with E-state index < -0.39 is 0 Å². The number of rotatable bonds is 3. The molecule has 130 valence electrons. The largest absolute Gasteiger partial charge is 0.479 e. The van der Waals surface area contributed by atoms with Gasteiger partial charge in [0.05, 0.1) is 13.0 Å². The molecule has 1 fully saturated rings. The standard InChI is InChI=1S/C19H27N3O2/c1-15-13-21(18-7-8-19(2,3)14-24-18)10-11-22(15)17(23)12-16-6-4-5-9-20-16/h4-7,9,15H,8,10-14H2,1-3H3. The van der Waals surface area contributed by atoms with Gasteiger partial charge in [-0.2, -0.15) is 0 Å². The van der Waals surface area contributed by atoms with Crippen molar-refractivity contribution in [3.05, 3.63) is 42.0 Å². The molecule has 1 aromatic heterocycles. The summed E-state index contributed by atoms with van der Waals surface area (Å²) in [4.78, 5) is 21.1. The van der Waals surface area contributed by atoms with Gasteiger partial charge in [-0.25, -0.2) is 0 Å². The van der Waals surface area contributed by atoms with Crippen LogP contribution in [0.4, 0.5) is 0 Å². The van der Waals surface area contributed by atoms with Gasteiger partial charge < -0.3 is 14.5 Å². The summed E-state index contributed by atoms with van der Waals surface area (Å²) in [7, 11) is 0. The molecule has 1 aromatic rings. The SMILES string of the molecule is CC1CN(C2=CCC(C)(C)CO2)CCN1C(=O)Cc1ccccn1. The fraction of sp³-hybridized carbons (Fsp3) is 0.579. The topological polar surface area (TPSA) is 45.7 Å². The Morgan fingerprint density at radius 3 is 2.83 bits per heavy atom. The van der Waals surface area contributed by atoms with Gasteiger partial charge in [0.1, 0.15) is 0 Å². The first kappa shape index (κ1) is 16.8. The van der Waals surface area contributed by atoms with Gasteiger partial charge >= 0.3 is 0 Å². The van der Waals surface area contributed by atoms with Crippen molar-refractivity contribution in [3.8, 4) is 0 Å². The third kappa shape index (κ3) is 3.89. The van der Waals surface area contributed by atoms with Crippen molar-refractivity contribution >= 4 is 5.91 Å². The van der Waals surface area contributed by atoms with Crippen molar-refractivity contribution < 1.29 is 9.53 Å². The van der Waals surface area contributed by atoms with Crippen molar-refractivity contribution in [2.45, 2.75) is 39.7 Å². The first-order chi connectivity index (χ1) is 11.4. The molecule has 5 heteroatoms. The zero-order valence-electron chi connectivity index (χ0n) is 14.9.